The van der Waals surface area contributed by atoms with E-state index in [4.69, 9.17) is 11.5 Å². The number of rotatable bonds is 4. The van der Waals surface area contributed by atoms with Crippen molar-refractivity contribution < 1.29 is 0 Å². The van der Waals surface area contributed by atoms with Crippen molar-refractivity contribution in [3.05, 3.63) is 82.8 Å². The van der Waals surface area contributed by atoms with Gasteiger partial charge in [-0.05, 0) is 0 Å². The van der Waals surface area contributed by atoms with Gasteiger partial charge in [0.1, 0.15) is 10.0 Å². The predicted octanol–water partition coefficient (Wildman–Crippen LogP) is 5.80. The van der Waals surface area contributed by atoms with Gasteiger partial charge < -0.3 is 11.5 Å². The van der Waals surface area contributed by atoms with Crippen molar-refractivity contribution in [2.75, 3.05) is 0 Å². The highest BCUT2D eigenvalue weighted by atomic mass is 35.5. The van der Waals surface area contributed by atoms with Gasteiger partial charge in [0.2, 0.25) is 0 Å². The smallest absolute Gasteiger partial charge is 0.123 e. The van der Waals surface area contributed by atoms with E-state index in [-0.39, 0.29) is 37.2 Å². The summed E-state index contributed by atoms with van der Waals surface area (Å²) in [5, 5.41) is 6.09. The minimum atomic E-state index is 0. The van der Waals surface area contributed by atoms with Gasteiger partial charge in [0.25, 0.3) is 0 Å². The van der Waals surface area contributed by atoms with E-state index >= 15 is 0 Å². The molecule has 0 aliphatic heterocycles. The highest BCUT2D eigenvalue weighted by Crippen LogP contribution is 2.23. The van der Waals surface area contributed by atoms with Crippen LogP contribution in [-0.2, 0) is 13.1 Å². The fourth-order valence-electron chi connectivity index (χ4n) is 2.23. The highest BCUT2D eigenvalue weighted by Gasteiger charge is 2.02. The molecule has 4 N–H and O–H groups in total. The number of nitrogens with two attached hydrogens (primary N) is 2. The second kappa shape index (κ2) is 14.5. The zero-order valence-corrected chi connectivity index (χ0v) is 19.5. The quantitative estimate of drug-likeness (QED) is 0.379. The summed E-state index contributed by atoms with van der Waals surface area (Å²) in [6, 6.07) is 20.3. The van der Waals surface area contributed by atoms with Gasteiger partial charge in [-0.25, -0.2) is 9.97 Å². The third kappa shape index (κ3) is 8.03. The van der Waals surface area contributed by atoms with Gasteiger partial charge in [0, 0.05) is 35.0 Å². The molecule has 0 bridgehead atoms. The zero-order chi connectivity index (χ0) is 18.2. The van der Waals surface area contributed by atoms with E-state index in [1.54, 1.807) is 22.7 Å². The molecular weight excluding hydrogens is 467 g/mol. The Balaban J connectivity index is 0.000000490. The Kier molecular flexibility index (Phi) is 13.7. The first kappa shape index (κ1) is 27.5. The van der Waals surface area contributed by atoms with Crippen molar-refractivity contribution in [2.45, 2.75) is 13.1 Å². The molecule has 0 radical (unpaired) electrons. The number of hydrogen-bond acceptors (Lipinski definition) is 6. The average molecular weight is 490 g/mol. The van der Waals surface area contributed by atoms with Gasteiger partial charge in [-0.1, -0.05) is 60.7 Å². The Morgan fingerprint density at radius 3 is 1.21 bits per heavy atom. The minimum Gasteiger partial charge on any atom is -0.325 e. The summed E-state index contributed by atoms with van der Waals surface area (Å²) in [6.07, 6.45) is 0. The number of benzene rings is 2. The van der Waals surface area contributed by atoms with Crippen molar-refractivity contribution in [3.8, 4) is 21.1 Å². The fourth-order valence-corrected chi connectivity index (χ4v) is 3.91. The van der Waals surface area contributed by atoms with Crippen molar-refractivity contribution >= 4 is 59.9 Å². The van der Waals surface area contributed by atoms with Crippen LogP contribution in [0.5, 0.6) is 0 Å². The van der Waals surface area contributed by atoms with Gasteiger partial charge in [-0.2, -0.15) is 0 Å². The summed E-state index contributed by atoms with van der Waals surface area (Å²) in [7, 11) is 0. The molecule has 156 valence electrons. The third-order valence-corrected chi connectivity index (χ3v) is 5.44. The van der Waals surface area contributed by atoms with Crippen LogP contribution in [0.3, 0.4) is 0 Å². The molecule has 0 atom stereocenters. The van der Waals surface area contributed by atoms with Gasteiger partial charge in [0.05, 0.1) is 11.4 Å². The lowest BCUT2D eigenvalue weighted by molar-refractivity contribution is 1.01. The van der Waals surface area contributed by atoms with Crippen LogP contribution in [0.2, 0.25) is 0 Å². The normalized spacial score (nSPS) is 9.17. The van der Waals surface area contributed by atoms with E-state index in [1.165, 1.54) is 0 Å². The van der Waals surface area contributed by atoms with E-state index in [1.807, 2.05) is 47.2 Å². The standard InChI is InChI=1S/2C10H10N2S.3ClH/c2*11-6-9-7-13-10(12-9)8-4-2-1-3-5-8;;;/h2*1-5,7H,6,11H2;3*1H. The van der Waals surface area contributed by atoms with Crippen molar-refractivity contribution in [2.24, 2.45) is 11.5 Å². The largest absolute Gasteiger partial charge is 0.325 e. The molecule has 0 spiro atoms. The van der Waals surface area contributed by atoms with Crippen LogP contribution in [-0.4, -0.2) is 9.97 Å². The van der Waals surface area contributed by atoms with Gasteiger partial charge >= 0.3 is 0 Å². The molecule has 0 fully saturated rings. The summed E-state index contributed by atoms with van der Waals surface area (Å²) in [5.41, 5.74) is 15.2. The maximum Gasteiger partial charge on any atom is 0.123 e. The summed E-state index contributed by atoms with van der Waals surface area (Å²) in [4.78, 5) is 8.78. The van der Waals surface area contributed by atoms with Gasteiger partial charge in [0.15, 0.2) is 0 Å². The lowest BCUT2D eigenvalue weighted by atomic mass is 10.2. The van der Waals surface area contributed by atoms with Crippen LogP contribution < -0.4 is 11.5 Å². The molecule has 2 heterocycles. The molecule has 0 saturated heterocycles. The lowest BCUT2D eigenvalue weighted by Gasteiger charge is -1.93. The van der Waals surface area contributed by atoms with Gasteiger partial charge in [-0.15, -0.1) is 59.9 Å². The number of hydrogen-bond donors (Lipinski definition) is 2. The summed E-state index contributed by atoms with van der Waals surface area (Å²) in [6.45, 7) is 1.03. The third-order valence-electron chi connectivity index (χ3n) is 3.56. The van der Waals surface area contributed by atoms with Crippen LogP contribution in [0.1, 0.15) is 11.4 Å². The first-order chi connectivity index (χ1) is 12.8. The number of aromatic nitrogens is 2. The van der Waals surface area contributed by atoms with Crippen molar-refractivity contribution in [1.29, 1.82) is 0 Å². The molecule has 2 aromatic carbocycles. The summed E-state index contributed by atoms with van der Waals surface area (Å²) < 4.78 is 0. The highest BCUT2D eigenvalue weighted by molar-refractivity contribution is 7.13. The zero-order valence-electron chi connectivity index (χ0n) is 15.4. The van der Waals surface area contributed by atoms with E-state index in [0.717, 1.165) is 32.5 Å². The molecular formula is C20H23Cl3N4S2. The minimum absolute atomic E-state index is 0. The molecule has 29 heavy (non-hydrogen) atoms. The second-order valence-electron chi connectivity index (χ2n) is 5.43. The van der Waals surface area contributed by atoms with Crippen molar-refractivity contribution in [3.63, 3.8) is 0 Å². The Bertz CT molecular complexity index is 853. The molecule has 4 aromatic rings. The average Bonchev–Trinajstić information content (AvgIpc) is 3.39. The van der Waals surface area contributed by atoms with E-state index in [9.17, 15) is 0 Å². The molecule has 0 unspecified atom stereocenters. The van der Waals surface area contributed by atoms with Crippen LogP contribution in [0, 0.1) is 0 Å². The number of nitrogens with zero attached hydrogens (tertiary/aromatic N) is 2. The van der Waals surface area contributed by atoms with Crippen LogP contribution in [0.4, 0.5) is 0 Å². The molecule has 0 amide bonds. The molecule has 4 rings (SSSR count). The topological polar surface area (TPSA) is 77.8 Å². The van der Waals surface area contributed by atoms with Crippen LogP contribution >= 0.6 is 59.9 Å². The maximum absolute atomic E-state index is 5.49. The van der Waals surface area contributed by atoms with Gasteiger partial charge in [-0.3, -0.25) is 0 Å². The molecule has 9 heteroatoms. The molecule has 0 aliphatic rings. The van der Waals surface area contributed by atoms with E-state index in [0.29, 0.717) is 13.1 Å². The maximum atomic E-state index is 5.49. The molecule has 2 aromatic heterocycles. The fraction of sp³-hybridized carbons (Fsp3) is 0.100. The first-order valence-corrected chi connectivity index (χ1v) is 9.96. The predicted molar refractivity (Wildman–Crippen MR) is 133 cm³/mol. The second-order valence-corrected chi connectivity index (χ2v) is 7.14. The van der Waals surface area contributed by atoms with Crippen molar-refractivity contribution in [1.82, 2.24) is 9.97 Å². The molecule has 0 saturated carbocycles. The summed E-state index contributed by atoms with van der Waals surface area (Å²) >= 11 is 3.27. The summed E-state index contributed by atoms with van der Waals surface area (Å²) in [5.74, 6) is 0. The van der Waals surface area contributed by atoms with E-state index in [2.05, 4.69) is 34.2 Å². The van der Waals surface area contributed by atoms with E-state index < -0.39 is 0 Å². The van der Waals surface area contributed by atoms with Crippen LogP contribution in [0.25, 0.3) is 21.1 Å². The number of thiazole rings is 2. The number of halogens is 3. The first-order valence-electron chi connectivity index (χ1n) is 8.20. The Morgan fingerprint density at radius 1 is 0.586 bits per heavy atom. The lowest BCUT2D eigenvalue weighted by Crippen LogP contribution is -1.95. The Hall–Kier alpha value is -1.51. The Labute approximate surface area is 197 Å². The SMILES string of the molecule is Cl.Cl.Cl.NCc1csc(-c2ccccc2)n1.NCc1csc(-c2ccccc2)n1. The molecule has 0 aliphatic carbocycles. The monoisotopic (exact) mass is 488 g/mol. The van der Waals surface area contributed by atoms with Crippen LogP contribution in [0.15, 0.2) is 71.4 Å². The molecule has 4 nitrogen and oxygen atoms in total. The Morgan fingerprint density at radius 2 is 0.931 bits per heavy atom.